The van der Waals surface area contributed by atoms with Crippen molar-refractivity contribution in [3.8, 4) is 17.2 Å². The van der Waals surface area contributed by atoms with Gasteiger partial charge >= 0.3 is 0 Å². The molecular weight excluding hydrogens is 541 g/mol. The zero-order chi connectivity index (χ0) is 29.2. The number of allylic oxidation sites excluding steroid dienone is 1. The summed E-state index contributed by atoms with van der Waals surface area (Å²) in [5.41, 5.74) is 3.72. The second kappa shape index (κ2) is 9.61. The number of halogens is 5. The first-order chi connectivity index (χ1) is 19.5. The number of benzene rings is 4. The second-order valence-corrected chi connectivity index (χ2v) is 11.0. The molecular formula is C32H24F5NO3. The predicted octanol–water partition coefficient (Wildman–Crippen LogP) is 8.65. The minimum absolute atomic E-state index is 0.00645. The molecule has 1 aliphatic heterocycles. The largest absolute Gasteiger partial charge is 0.493 e. The van der Waals surface area contributed by atoms with Crippen molar-refractivity contribution in [1.29, 1.82) is 0 Å². The van der Waals surface area contributed by atoms with Gasteiger partial charge < -0.3 is 14.8 Å². The first kappa shape index (κ1) is 26.8. The highest BCUT2D eigenvalue weighted by Crippen LogP contribution is 2.52. The van der Waals surface area contributed by atoms with Crippen molar-refractivity contribution in [2.24, 2.45) is 5.41 Å². The zero-order valence-corrected chi connectivity index (χ0v) is 22.3. The van der Waals surface area contributed by atoms with E-state index in [1.165, 1.54) is 19.2 Å². The van der Waals surface area contributed by atoms with Gasteiger partial charge in [-0.1, -0.05) is 50.2 Å². The van der Waals surface area contributed by atoms with Crippen molar-refractivity contribution in [2.75, 3.05) is 12.4 Å². The molecule has 4 nitrogen and oxygen atoms in total. The molecule has 1 N–H and O–H groups in total. The van der Waals surface area contributed by atoms with Crippen LogP contribution in [-0.2, 0) is 4.79 Å². The van der Waals surface area contributed by atoms with Crippen molar-refractivity contribution in [1.82, 2.24) is 0 Å². The lowest BCUT2D eigenvalue weighted by molar-refractivity contribution is -0.118. The van der Waals surface area contributed by atoms with Crippen LogP contribution in [0.25, 0.3) is 16.3 Å². The van der Waals surface area contributed by atoms with Gasteiger partial charge in [0, 0.05) is 23.2 Å². The summed E-state index contributed by atoms with van der Waals surface area (Å²) in [7, 11) is 1.28. The highest BCUT2D eigenvalue weighted by Gasteiger charge is 2.41. The molecule has 0 aromatic heterocycles. The van der Waals surface area contributed by atoms with E-state index in [9.17, 15) is 26.7 Å². The molecule has 0 saturated carbocycles. The third-order valence-electron chi connectivity index (χ3n) is 7.64. The first-order valence-electron chi connectivity index (χ1n) is 12.9. The SMILES string of the molecule is COc1cc([C@H]2Nc3ccc4ccccc4c3C3=C2C(=O)CC(C)(C)C3)ccc1Oc1c(F)c(F)c(F)c(F)c1F. The minimum atomic E-state index is -2.28. The van der Waals surface area contributed by atoms with E-state index in [0.717, 1.165) is 27.6 Å². The molecule has 0 bridgehead atoms. The van der Waals surface area contributed by atoms with Crippen molar-refractivity contribution in [3.63, 3.8) is 0 Å². The Kier molecular flexibility index (Phi) is 6.28. The van der Waals surface area contributed by atoms with Crippen molar-refractivity contribution >= 4 is 27.8 Å². The molecule has 4 aromatic carbocycles. The van der Waals surface area contributed by atoms with Crippen LogP contribution in [-0.4, -0.2) is 12.9 Å². The summed E-state index contributed by atoms with van der Waals surface area (Å²) in [5.74, 6) is -12.5. The number of methoxy groups -OCH3 is 1. The van der Waals surface area contributed by atoms with Crippen molar-refractivity contribution in [3.05, 3.63) is 100 Å². The van der Waals surface area contributed by atoms with Crippen LogP contribution >= 0.6 is 0 Å². The number of ether oxygens (including phenoxy) is 2. The molecule has 210 valence electrons. The average Bonchev–Trinajstić information content (AvgIpc) is 2.95. The number of carbonyl (C=O) groups is 1. The van der Waals surface area contributed by atoms with Gasteiger partial charge in [-0.15, -0.1) is 0 Å². The van der Waals surface area contributed by atoms with Crippen molar-refractivity contribution < 1.29 is 36.2 Å². The highest BCUT2D eigenvalue weighted by atomic mass is 19.2. The molecule has 0 fully saturated rings. The van der Waals surface area contributed by atoms with Crippen LogP contribution in [0.15, 0.2) is 60.2 Å². The van der Waals surface area contributed by atoms with Gasteiger partial charge in [0.2, 0.25) is 34.8 Å². The van der Waals surface area contributed by atoms with Gasteiger partial charge in [0.05, 0.1) is 13.2 Å². The summed E-state index contributed by atoms with van der Waals surface area (Å²) in [5, 5.41) is 5.56. The van der Waals surface area contributed by atoms with Crippen molar-refractivity contribution in [2.45, 2.75) is 32.7 Å². The number of hydrogen-bond donors (Lipinski definition) is 1. The molecule has 0 radical (unpaired) electrons. The van der Waals surface area contributed by atoms with Crippen LogP contribution in [0.3, 0.4) is 0 Å². The number of rotatable bonds is 4. The van der Waals surface area contributed by atoms with E-state index in [1.807, 2.05) is 36.4 Å². The van der Waals surface area contributed by atoms with Gasteiger partial charge in [-0.2, -0.15) is 8.78 Å². The molecule has 4 aromatic rings. The quantitative estimate of drug-likeness (QED) is 0.153. The van der Waals surface area contributed by atoms with Gasteiger partial charge in [0.1, 0.15) is 0 Å². The maximum atomic E-state index is 14.3. The van der Waals surface area contributed by atoms with Crippen LogP contribution in [0.2, 0.25) is 0 Å². The molecule has 0 unspecified atom stereocenters. The summed E-state index contributed by atoms with van der Waals surface area (Å²) in [6.45, 7) is 4.12. The summed E-state index contributed by atoms with van der Waals surface area (Å²) < 4.78 is 80.1. The Balaban J connectivity index is 1.47. The Bertz CT molecular complexity index is 1770. The standard InChI is InChI=1S/C32H24F5NO3/c1-32(2)13-18-23-17-7-5-4-6-15(17)8-10-19(23)38-30(24(18)20(39)14-32)16-9-11-21(22(12-16)40-3)41-31-28(36)26(34)25(33)27(35)29(31)37/h4-12,30,38H,13-14H2,1-3H3/t30-/m1/s1. The number of Topliss-reactive ketones (excluding diaryl/α,β-unsaturated/α-hetero) is 1. The molecule has 1 atom stereocenters. The molecule has 1 heterocycles. The molecule has 41 heavy (non-hydrogen) atoms. The summed E-state index contributed by atoms with van der Waals surface area (Å²) >= 11 is 0. The van der Waals surface area contributed by atoms with E-state index < -0.39 is 40.9 Å². The topological polar surface area (TPSA) is 47.6 Å². The van der Waals surface area contributed by atoms with E-state index in [-0.39, 0.29) is 22.7 Å². The number of hydrogen-bond acceptors (Lipinski definition) is 4. The molecule has 6 rings (SSSR count). The Hall–Kier alpha value is -4.40. The van der Waals surface area contributed by atoms with Gasteiger partial charge in [-0.25, -0.2) is 13.2 Å². The minimum Gasteiger partial charge on any atom is -0.493 e. The fraction of sp³-hybridized carbons (Fsp3) is 0.219. The van der Waals surface area contributed by atoms with Gasteiger partial charge in [-0.05, 0) is 51.9 Å². The fourth-order valence-corrected chi connectivity index (χ4v) is 5.82. The lowest BCUT2D eigenvalue weighted by Gasteiger charge is -2.40. The Morgan fingerprint density at radius 2 is 1.51 bits per heavy atom. The maximum Gasteiger partial charge on any atom is 0.207 e. The van der Waals surface area contributed by atoms with Gasteiger partial charge in [0.15, 0.2) is 17.3 Å². The maximum absolute atomic E-state index is 14.3. The summed E-state index contributed by atoms with van der Waals surface area (Å²) in [6, 6.07) is 15.7. The normalized spacial score (nSPS) is 17.7. The van der Waals surface area contributed by atoms with E-state index in [0.29, 0.717) is 24.0 Å². The zero-order valence-electron chi connectivity index (χ0n) is 22.3. The van der Waals surface area contributed by atoms with Gasteiger partial charge in [0.25, 0.3) is 0 Å². The number of carbonyl (C=O) groups excluding carboxylic acids is 1. The third kappa shape index (κ3) is 4.31. The predicted molar refractivity (Wildman–Crippen MR) is 145 cm³/mol. The summed E-state index contributed by atoms with van der Waals surface area (Å²) in [4.78, 5) is 13.7. The third-order valence-corrected chi connectivity index (χ3v) is 7.64. The summed E-state index contributed by atoms with van der Waals surface area (Å²) in [6.07, 6.45) is 1.02. The lowest BCUT2D eigenvalue weighted by atomic mass is 9.68. The lowest BCUT2D eigenvalue weighted by Crippen LogP contribution is -2.33. The van der Waals surface area contributed by atoms with Crippen LogP contribution < -0.4 is 14.8 Å². The molecule has 2 aliphatic rings. The van der Waals surface area contributed by atoms with Crippen LogP contribution in [0.5, 0.6) is 17.2 Å². The van der Waals surface area contributed by atoms with E-state index in [2.05, 4.69) is 19.2 Å². The van der Waals surface area contributed by atoms with E-state index in [4.69, 9.17) is 9.47 Å². The molecule has 1 aliphatic carbocycles. The number of fused-ring (bicyclic) bond motifs is 4. The Morgan fingerprint density at radius 1 is 0.829 bits per heavy atom. The Labute approximate surface area is 232 Å². The Morgan fingerprint density at radius 3 is 2.22 bits per heavy atom. The second-order valence-electron chi connectivity index (χ2n) is 11.0. The van der Waals surface area contributed by atoms with Crippen LogP contribution in [0.1, 0.15) is 43.9 Å². The monoisotopic (exact) mass is 565 g/mol. The molecule has 0 amide bonds. The number of nitrogens with one attached hydrogen (secondary N) is 1. The first-order valence-corrected chi connectivity index (χ1v) is 12.9. The van der Waals surface area contributed by atoms with Gasteiger partial charge in [-0.3, -0.25) is 4.79 Å². The average molecular weight is 566 g/mol. The molecule has 9 heteroatoms. The smallest absolute Gasteiger partial charge is 0.207 e. The molecule has 0 spiro atoms. The van der Waals surface area contributed by atoms with Crippen LogP contribution in [0.4, 0.5) is 27.6 Å². The van der Waals surface area contributed by atoms with Crippen LogP contribution in [0, 0.1) is 34.5 Å². The highest BCUT2D eigenvalue weighted by molar-refractivity contribution is 6.12. The molecule has 0 saturated heterocycles. The number of ketones is 1. The fourth-order valence-electron chi connectivity index (χ4n) is 5.82. The number of anilines is 1. The van der Waals surface area contributed by atoms with E-state index >= 15 is 0 Å². The van der Waals surface area contributed by atoms with E-state index in [1.54, 1.807) is 6.07 Å².